The van der Waals surface area contributed by atoms with Crippen molar-refractivity contribution in [1.29, 1.82) is 0 Å². The van der Waals surface area contributed by atoms with Crippen LogP contribution in [0.25, 0.3) is 0 Å². The fourth-order valence-electron chi connectivity index (χ4n) is 2.51. The van der Waals surface area contributed by atoms with Crippen LogP contribution in [0.3, 0.4) is 0 Å². The number of aromatic nitrogens is 4. The number of likely N-dealkylation sites (tertiary alicyclic amines) is 1. The van der Waals surface area contributed by atoms with E-state index >= 15 is 0 Å². The Labute approximate surface area is 126 Å². The molecule has 2 aromatic heterocycles. The van der Waals surface area contributed by atoms with Gasteiger partial charge in [-0.2, -0.15) is 4.98 Å². The van der Waals surface area contributed by atoms with Crippen LogP contribution in [0.15, 0.2) is 4.52 Å². The zero-order valence-corrected chi connectivity index (χ0v) is 12.9. The fourth-order valence-corrected chi connectivity index (χ4v) is 3.14. The summed E-state index contributed by atoms with van der Waals surface area (Å²) in [4.78, 5) is 19.4. The molecule has 1 atom stereocenters. The minimum atomic E-state index is 0.00225. The molecular weight excluding hydrogens is 290 g/mol. The number of piperidine rings is 1. The van der Waals surface area contributed by atoms with Gasteiger partial charge in [-0.05, 0) is 31.3 Å². The van der Waals surface area contributed by atoms with Crippen LogP contribution in [0.5, 0.6) is 0 Å². The molecule has 0 aliphatic carbocycles. The maximum Gasteiger partial charge on any atom is 0.267 e. The summed E-state index contributed by atoms with van der Waals surface area (Å²) in [6.07, 6.45) is 2.66. The Bertz CT molecular complexity index is 638. The number of hydrogen-bond acceptors (Lipinski definition) is 7. The van der Waals surface area contributed by atoms with Gasteiger partial charge in [-0.3, -0.25) is 4.79 Å². The van der Waals surface area contributed by atoms with E-state index in [1.807, 2.05) is 18.7 Å². The minimum Gasteiger partial charge on any atom is -0.339 e. The van der Waals surface area contributed by atoms with Gasteiger partial charge in [-0.15, -0.1) is 5.10 Å². The minimum absolute atomic E-state index is 0.00225. The molecule has 0 unspecified atom stereocenters. The summed E-state index contributed by atoms with van der Waals surface area (Å²) in [6.45, 7) is 5.16. The third kappa shape index (κ3) is 2.80. The number of nitrogens with zero attached hydrogens (tertiary/aromatic N) is 5. The zero-order valence-electron chi connectivity index (χ0n) is 12.1. The molecule has 1 saturated heterocycles. The zero-order chi connectivity index (χ0) is 14.8. The summed E-state index contributed by atoms with van der Waals surface area (Å²) >= 11 is 1.15. The van der Waals surface area contributed by atoms with Crippen LogP contribution >= 0.6 is 11.5 Å². The Morgan fingerprint density at radius 3 is 3.05 bits per heavy atom. The van der Waals surface area contributed by atoms with Gasteiger partial charge in [-0.25, -0.2) is 0 Å². The maximum absolute atomic E-state index is 12.5. The predicted octanol–water partition coefficient (Wildman–Crippen LogP) is 1.81. The SMILES string of the molecule is CCc1noc([C@H]2CCCN(C(=O)c3snnc3C)C2)n1. The first-order valence-corrected chi connectivity index (χ1v) is 7.87. The van der Waals surface area contributed by atoms with Crippen LogP contribution in [-0.4, -0.2) is 43.6 Å². The van der Waals surface area contributed by atoms with Crippen molar-refractivity contribution >= 4 is 17.4 Å². The molecule has 1 aliphatic heterocycles. The average Bonchev–Trinajstić information content (AvgIpc) is 3.15. The molecule has 21 heavy (non-hydrogen) atoms. The highest BCUT2D eigenvalue weighted by atomic mass is 32.1. The summed E-state index contributed by atoms with van der Waals surface area (Å²) in [7, 11) is 0. The highest BCUT2D eigenvalue weighted by Gasteiger charge is 2.30. The van der Waals surface area contributed by atoms with E-state index in [4.69, 9.17) is 4.52 Å². The molecule has 112 valence electrons. The number of aryl methyl sites for hydroxylation is 2. The number of carbonyl (C=O) groups is 1. The lowest BCUT2D eigenvalue weighted by atomic mass is 9.98. The van der Waals surface area contributed by atoms with Crippen molar-refractivity contribution in [1.82, 2.24) is 24.6 Å². The predicted molar refractivity (Wildman–Crippen MR) is 76.2 cm³/mol. The second-order valence-electron chi connectivity index (χ2n) is 5.18. The Balaban J connectivity index is 1.74. The van der Waals surface area contributed by atoms with Gasteiger partial charge >= 0.3 is 0 Å². The lowest BCUT2D eigenvalue weighted by Gasteiger charge is -2.30. The molecule has 8 heteroatoms. The molecule has 3 heterocycles. The van der Waals surface area contributed by atoms with Crippen molar-refractivity contribution in [2.45, 2.75) is 39.0 Å². The Hall–Kier alpha value is -1.83. The van der Waals surface area contributed by atoms with Crippen LogP contribution in [0.4, 0.5) is 0 Å². The van der Waals surface area contributed by atoms with E-state index in [0.29, 0.717) is 23.0 Å². The van der Waals surface area contributed by atoms with Crippen LogP contribution in [-0.2, 0) is 6.42 Å². The highest BCUT2D eigenvalue weighted by Crippen LogP contribution is 2.27. The molecule has 3 rings (SSSR count). The Morgan fingerprint density at radius 2 is 2.38 bits per heavy atom. The second-order valence-corrected chi connectivity index (χ2v) is 5.93. The molecule has 1 aliphatic rings. The van der Waals surface area contributed by atoms with Gasteiger partial charge in [0.15, 0.2) is 5.82 Å². The van der Waals surface area contributed by atoms with Crippen molar-refractivity contribution < 1.29 is 9.32 Å². The average molecular weight is 307 g/mol. The van der Waals surface area contributed by atoms with Gasteiger partial charge in [0.05, 0.1) is 11.6 Å². The first-order chi connectivity index (χ1) is 10.2. The quantitative estimate of drug-likeness (QED) is 0.859. The van der Waals surface area contributed by atoms with Crippen molar-refractivity contribution in [2.75, 3.05) is 13.1 Å². The molecule has 0 radical (unpaired) electrons. The van der Waals surface area contributed by atoms with Gasteiger partial charge < -0.3 is 9.42 Å². The molecule has 0 bridgehead atoms. The molecule has 7 nitrogen and oxygen atoms in total. The number of rotatable bonds is 3. The van der Waals surface area contributed by atoms with Crippen molar-refractivity contribution in [2.24, 2.45) is 0 Å². The number of hydrogen-bond donors (Lipinski definition) is 0. The topological polar surface area (TPSA) is 85.0 Å². The van der Waals surface area contributed by atoms with Gasteiger partial charge in [-0.1, -0.05) is 16.6 Å². The second kappa shape index (κ2) is 5.88. The molecule has 0 N–H and O–H groups in total. The van der Waals surface area contributed by atoms with E-state index < -0.39 is 0 Å². The molecule has 0 saturated carbocycles. The normalized spacial score (nSPS) is 19.0. The van der Waals surface area contributed by atoms with Gasteiger partial charge in [0.25, 0.3) is 5.91 Å². The number of amides is 1. The largest absolute Gasteiger partial charge is 0.339 e. The first-order valence-electron chi connectivity index (χ1n) is 7.09. The maximum atomic E-state index is 12.5. The van der Waals surface area contributed by atoms with E-state index in [2.05, 4.69) is 19.7 Å². The lowest BCUT2D eigenvalue weighted by Crippen LogP contribution is -2.39. The van der Waals surface area contributed by atoms with Gasteiger partial charge in [0, 0.05) is 19.5 Å². The van der Waals surface area contributed by atoms with E-state index in [-0.39, 0.29) is 11.8 Å². The van der Waals surface area contributed by atoms with E-state index in [1.54, 1.807) is 0 Å². The van der Waals surface area contributed by atoms with Crippen molar-refractivity contribution in [3.63, 3.8) is 0 Å². The van der Waals surface area contributed by atoms with E-state index in [0.717, 1.165) is 43.2 Å². The van der Waals surface area contributed by atoms with Crippen LogP contribution < -0.4 is 0 Å². The van der Waals surface area contributed by atoms with Crippen LogP contribution in [0.1, 0.15) is 52.8 Å². The molecule has 2 aromatic rings. The first kappa shape index (κ1) is 14.1. The molecule has 1 fully saturated rings. The fraction of sp³-hybridized carbons (Fsp3) is 0.615. The third-order valence-corrected chi connectivity index (χ3v) is 4.52. The van der Waals surface area contributed by atoms with E-state index in [9.17, 15) is 4.79 Å². The summed E-state index contributed by atoms with van der Waals surface area (Å²) in [5.74, 6) is 1.48. The molecule has 0 aromatic carbocycles. The number of carbonyl (C=O) groups excluding carboxylic acids is 1. The highest BCUT2D eigenvalue weighted by molar-refractivity contribution is 7.07. The van der Waals surface area contributed by atoms with Crippen LogP contribution in [0, 0.1) is 6.92 Å². The lowest BCUT2D eigenvalue weighted by molar-refractivity contribution is 0.0699. The summed E-state index contributed by atoms with van der Waals surface area (Å²) < 4.78 is 9.15. The summed E-state index contributed by atoms with van der Waals surface area (Å²) in [5, 5.41) is 7.84. The molecule has 1 amide bonds. The van der Waals surface area contributed by atoms with Gasteiger partial charge in [0.1, 0.15) is 4.88 Å². The van der Waals surface area contributed by atoms with Gasteiger partial charge in [0.2, 0.25) is 5.89 Å². The monoisotopic (exact) mass is 307 g/mol. The molecule has 0 spiro atoms. The molecular formula is C13H17N5O2S. The third-order valence-electron chi connectivity index (χ3n) is 3.70. The smallest absolute Gasteiger partial charge is 0.267 e. The van der Waals surface area contributed by atoms with Crippen molar-refractivity contribution in [3.8, 4) is 0 Å². The Morgan fingerprint density at radius 1 is 1.52 bits per heavy atom. The summed E-state index contributed by atoms with van der Waals surface area (Å²) in [6, 6.07) is 0. The van der Waals surface area contributed by atoms with Crippen LogP contribution in [0.2, 0.25) is 0 Å². The van der Waals surface area contributed by atoms with E-state index in [1.165, 1.54) is 0 Å². The summed E-state index contributed by atoms with van der Waals surface area (Å²) in [5.41, 5.74) is 0.693. The standard InChI is InChI=1S/C13H17N5O2S/c1-3-10-14-12(20-16-10)9-5-4-6-18(7-9)13(19)11-8(2)15-17-21-11/h9H,3-7H2,1-2H3/t9-/m0/s1. The van der Waals surface area contributed by atoms with Crippen molar-refractivity contribution in [3.05, 3.63) is 22.3 Å². The Kier molecular flexibility index (Phi) is 3.96.